The topological polar surface area (TPSA) is 378 Å². The standard InChI is InChI=1S/C81H107FN14O15/c1-50-73(102)91-65(45-86-67(98)17-9-8-10-33-83-4)75(104)88-62-41-55-15-13-16-56(39-55)44-85-69(100)49-111-48-57-31-38-95-72(57)77(106)92-71(51(2)97)76(105)90-63(40-53-22-25-60(110-5)26-23-53)79(108)96-37-14-32-81(96,3)80(109)84-34-30-52-18-20-54(21-19-52)46-94(70(101)29-28-68(99)87-50)36-12-7-6-11-35-93-47-58(42-64(78(95)107)89-74(62)103)61-43-59(82)24-27-66(61)93/h13,15-16,18-27,39,43,47,50-51,57,62-65,71-72,83,97H,6-12,14,17,28-38,40-42,44-46,48-49H2,1-5H3,(H,84,109)(H,85,100)(H,86,98)(H,87,99)(H,88,104)(H,89,103)(H,90,105)(H,91,102)(H,92,106)/t50-,51+,57+,62-,63-,64-,65?,71-,72+,81-/m0/s1. The van der Waals surface area contributed by atoms with Gasteiger partial charge in [0.05, 0.1) is 19.8 Å². The Balaban J connectivity index is 1.09. The Hall–Kier alpha value is -10.3. The number of methoxy groups -OCH3 is 1. The number of nitrogens with zero attached hydrogens (tertiary/aromatic N) is 4. The molecule has 11 N–H and O–H groups in total. The highest BCUT2D eigenvalue weighted by atomic mass is 19.1. The molecule has 4 aromatic carbocycles. The Bertz CT molecular complexity index is 4160. The van der Waals surface area contributed by atoms with Gasteiger partial charge in [-0.1, -0.05) is 79.9 Å². The van der Waals surface area contributed by atoms with Crippen molar-refractivity contribution in [3.05, 3.63) is 136 Å². The van der Waals surface area contributed by atoms with E-state index in [1.54, 1.807) is 72.6 Å². The Kier molecular flexibility index (Phi) is 29.6. The zero-order chi connectivity index (χ0) is 79.3. The molecule has 29 nitrogen and oxygen atoms in total. The number of hydrogen-bond donors (Lipinski definition) is 11. The van der Waals surface area contributed by atoms with E-state index in [0.717, 1.165) is 24.1 Å². The summed E-state index contributed by atoms with van der Waals surface area (Å²) in [6.45, 7) is 4.73. The average molecular weight is 1540 g/mol. The van der Waals surface area contributed by atoms with Crippen LogP contribution in [0.4, 0.5) is 4.39 Å². The second kappa shape index (κ2) is 39.5. The van der Waals surface area contributed by atoms with Gasteiger partial charge in [-0.25, -0.2) is 4.39 Å². The van der Waals surface area contributed by atoms with Crippen molar-refractivity contribution in [3.63, 3.8) is 0 Å². The molecule has 2 fully saturated rings. The molecule has 6 aliphatic heterocycles. The molecule has 7 heterocycles. The van der Waals surface area contributed by atoms with Crippen LogP contribution in [-0.2, 0) is 108 Å². The largest absolute Gasteiger partial charge is 0.497 e. The van der Waals surface area contributed by atoms with Gasteiger partial charge in [-0.05, 0) is 149 Å². The summed E-state index contributed by atoms with van der Waals surface area (Å²) in [5, 5.41) is 40.3. The number of amides is 12. The highest BCUT2D eigenvalue weighted by molar-refractivity contribution is 6.00. The summed E-state index contributed by atoms with van der Waals surface area (Å²) in [4.78, 5) is 182. The lowest BCUT2D eigenvalue weighted by Crippen LogP contribution is -2.63. The molecule has 30 heteroatoms. The maximum Gasteiger partial charge on any atom is 0.246 e. The predicted molar refractivity (Wildman–Crippen MR) is 409 cm³/mol. The van der Waals surface area contributed by atoms with Crippen LogP contribution in [0.5, 0.6) is 5.75 Å². The first-order chi connectivity index (χ1) is 53.4. The molecule has 11 rings (SSSR count). The molecule has 0 spiro atoms. The van der Waals surface area contributed by atoms with E-state index in [-0.39, 0.29) is 96.6 Å². The SMILES string of the molecule is CNCCCCCC(=O)NCC1NC(=O)[C@H](C)NC(=O)CCC(=O)N2CCCCCCn3cc(c4cc(F)ccc43)C[C@@H]3NC(=O)[C@H](Cc4cccc(c4)CNC(=O)COC[C@H]4CCN(C3=O)[C@H]4C(=O)N[C@@H]([C@@H](C)O)C(=O)N[C@@H](Cc3ccc(OC)cc3)C(=O)N3CCC[C@@]3(C)C(=O)NCCc3ccc(cc3)C2)NC1=O. The number of aliphatic hydroxyl groups excluding tert-OH is 1. The van der Waals surface area contributed by atoms with Crippen LogP contribution in [0.15, 0.2) is 97.2 Å². The number of hydrogen-bond acceptors (Lipinski definition) is 16. The minimum atomic E-state index is -1.82. The summed E-state index contributed by atoms with van der Waals surface area (Å²) >= 11 is 0. The van der Waals surface area contributed by atoms with E-state index in [4.69, 9.17) is 9.47 Å². The molecule has 5 aromatic rings. The number of aliphatic hydroxyl groups is 1. The number of carbonyl (C=O) groups excluding carboxylic acids is 12. The third-order valence-electron chi connectivity index (χ3n) is 21.7. The summed E-state index contributed by atoms with van der Waals surface area (Å²) in [7, 11) is 3.31. The van der Waals surface area contributed by atoms with Crippen LogP contribution in [0, 0.1) is 11.7 Å². The van der Waals surface area contributed by atoms with Crippen LogP contribution in [0.3, 0.4) is 0 Å². The molecule has 0 radical (unpaired) electrons. The number of unbranched alkanes of at least 4 members (excludes halogenated alkanes) is 2. The maximum absolute atomic E-state index is 16.3. The lowest BCUT2D eigenvalue weighted by molar-refractivity contribution is -0.147. The predicted octanol–water partition coefficient (Wildman–Crippen LogP) is 2.32. The van der Waals surface area contributed by atoms with Crippen molar-refractivity contribution >= 4 is 81.8 Å². The monoisotopic (exact) mass is 1530 g/mol. The van der Waals surface area contributed by atoms with Gasteiger partial charge >= 0.3 is 0 Å². The second-order valence-electron chi connectivity index (χ2n) is 30.0. The molecule has 6 aliphatic rings. The number of rotatable bonds is 12. The number of aryl methyl sites for hydroxylation is 1. The minimum absolute atomic E-state index is 0.0318. The number of aromatic nitrogens is 1. The second-order valence-corrected chi connectivity index (χ2v) is 30.0. The molecule has 12 bridgehead atoms. The van der Waals surface area contributed by atoms with Crippen molar-refractivity contribution in [3.8, 4) is 5.75 Å². The van der Waals surface area contributed by atoms with Crippen molar-refractivity contribution in [1.29, 1.82) is 0 Å². The first-order valence-corrected chi connectivity index (χ1v) is 38.9. The summed E-state index contributed by atoms with van der Waals surface area (Å²) in [5.74, 6) is -9.67. The molecular weight excluding hydrogens is 1430 g/mol. The number of halogens is 1. The van der Waals surface area contributed by atoms with Gasteiger partial charge in [-0.2, -0.15) is 0 Å². The van der Waals surface area contributed by atoms with Crippen molar-refractivity contribution in [2.24, 2.45) is 5.92 Å². The zero-order valence-electron chi connectivity index (χ0n) is 64.1. The van der Waals surface area contributed by atoms with E-state index in [1.807, 2.05) is 35.9 Å². The average Bonchev–Trinajstić information content (AvgIpc) is 1.66. The quantitative estimate of drug-likeness (QED) is 0.0799. The van der Waals surface area contributed by atoms with Gasteiger partial charge in [0.25, 0.3) is 0 Å². The van der Waals surface area contributed by atoms with E-state index in [0.29, 0.717) is 103 Å². The van der Waals surface area contributed by atoms with E-state index in [1.165, 1.54) is 42.9 Å². The molecule has 2 saturated heterocycles. The van der Waals surface area contributed by atoms with Crippen LogP contribution in [0.25, 0.3) is 10.9 Å². The maximum atomic E-state index is 16.3. The van der Waals surface area contributed by atoms with Gasteiger partial charge < -0.3 is 87.0 Å². The fourth-order valence-electron chi connectivity index (χ4n) is 15.3. The number of ether oxygens (including phenoxy) is 2. The molecule has 111 heavy (non-hydrogen) atoms. The third kappa shape index (κ3) is 22.5. The molecule has 1 unspecified atom stereocenters. The van der Waals surface area contributed by atoms with Gasteiger partial charge in [0.2, 0.25) is 70.9 Å². The fraction of sp³-hybridized carbons (Fsp3) is 0.531. The summed E-state index contributed by atoms with van der Waals surface area (Å²) in [6.07, 6.45) is 4.51. The summed E-state index contributed by atoms with van der Waals surface area (Å²) < 4.78 is 29.2. The Morgan fingerprint density at radius 2 is 1.43 bits per heavy atom. The van der Waals surface area contributed by atoms with Crippen molar-refractivity contribution < 1.29 is 76.5 Å². The number of nitrogens with one attached hydrogen (secondary N) is 10. The van der Waals surface area contributed by atoms with Gasteiger partial charge in [0.15, 0.2) is 0 Å². The highest BCUT2D eigenvalue weighted by Gasteiger charge is 2.49. The lowest BCUT2D eigenvalue weighted by Gasteiger charge is -2.37. The van der Waals surface area contributed by atoms with Crippen molar-refractivity contribution in [2.75, 3.05) is 66.6 Å². The van der Waals surface area contributed by atoms with Crippen molar-refractivity contribution in [1.82, 2.24) is 72.4 Å². The third-order valence-corrected chi connectivity index (χ3v) is 21.7. The van der Waals surface area contributed by atoms with Crippen molar-refractivity contribution in [2.45, 2.75) is 203 Å². The zero-order valence-corrected chi connectivity index (χ0v) is 64.1. The summed E-state index contributed by atoms with van der Waals surface area (Å²) in [6, 6.07) is 14.4. The first-order valence-electron chi connectivity index (χ1n) is 38.9. The molecule has 598 valence electrons. The molecule has 12 amide bonds. The summed E-state index contributed by atoms with van der Waals surface area (Å²) in [5.41, 5.74) is 2.83. The van der Waals surface area contributed by atoms with E-state index in [2.05, 4.69) is 53.2 Å². The molecular formula is C81H107FN14O15. The smallest absolute Gasteiger partial charge is 0.246 e. The number of carbonyl (C=O) groups is 12. The number of fused-ring (bicyclic) bond motifs is 16. The Morgan fingerprint density at radius 3 is 2.19 bits per heavy atom. The van der Waals surface area contributed by atoms with E-state index in [9.17, 15) is 33.9 Å². The van der Waals surface area contributed by atoms with Gasteiger partial charge in [0, 0.05) is 114 Å². The van der Waals surface area contributed by atoms with Gasteiger partial charge in [-0.3, -0.25) is 57.5 Å². The molecule has 0 saturated carbocycles. The lowest BCUT2D eigenvalue weighted by atomic mass is 9.95. The van der Waals surface area contributed by atoms with Gasteiger partial charge in [-0.15, -0.1) is 0 Å². The van der Waals surface area contributed by atoms with E-state index >= 15 is 33.2 Å². The Labute approximate surface area is 646 Å². The van der Waals surface area contributed by atoms with Gasteiger partial charge in [0.1, 0.15) is 66.0 Å². The normalized spacial score (nSPS) is 25.0. The van der Waals surface area contributed by atoms with Crippen LogP contribution in [0.1, 0.15) is 138 Å². The van der Waals surface area contributed by atoms with E-state index < -0.39 is 144 Å². The van der Waals surface area contributed by atoms with Crippen LogP contribution < -0.4 is 57.9 Å². The fourth-order valence-corrected chi connectivity index (χ4v) is 15.3. The molecule has 1 aromatic heterocycles. The highest BCUT2D eigenvalue weighted by Crippen LogP contribution is 2.33. The number of benzene rings is 4. The van der Waals surface area contributed by atoms with Crippen LogP contribution >= 0.6 is 0 Å². The first kappa shape index (κ1) is 83.1. The minimum Gasteiger partial charge on any atom is -0.497 e. The van der Waals surface area contributed by atoms with Crippen LogP contribution in [-0.4, -0.2) is 216 Å². The molecule has 10 atom stereocenters. The Morgan fingerprint density at radius 1 is 0.694 bits per heavy atom. The van der Waals surface area contributed by atoms with Crippen LogP contribution in [0.2, 0.25) is 0 Å². The molecule has 0 aliphatic carbocycles.